The summed E-state index contributed by atoms with van der Waals surface area (Å²) in [6.07, 6.45) is 2.15. The zero-order chi connectivity index (χ0) is 15.4. The fourth-order valence-corrected chi connectivity index (χ4v) is 2.62. The number of carbonyl (C=O) groups excluding carboxylic acids is 2. The summed E-state index contributed by atoms with van der Waals surface area (Å²) >= 11 is 0. The topological polar surface area (TPSA) is 49.4 Å². The molecule has 0 saturated carbocycles. The Kier molecular flexibility index (Phi) is 4.99. The number of amides is 2. The third-order valence-electron chi connectivity index (χ3n) is 4.25. The second-order valence-corrected chi connectivity index (χ2v) is 5.69. The van der Waals surface area contributed by atoms with Crippen LogP contribution < -0.4 is 10.2 Å². The smallest absolute Gasteiger partial charge is 0.249 e. The van der Waals surface area contributed by atoms with Crippen molar-refractivity contribution in [3.63, 3.8) is 0 Å². The minimum atomic E-state index is -0.421. The van der Waals surface area contributed by atoms with Crippen molar-refractivity contribution in [1.29, 1.82) is 0 Å². The predicted octanol–water partition coefficient (Wildman–Crippen LogP) is 2.52. The van der Waals surface area contributed by atoms with Crippen LogP contribution in [0.15, 0.2) is 24.3 Å². The molecule has 21 heavy (non-hydrogen) atoms. The first-order valence-electron chi connectivity index (χ1n) is 7.76. The molecule has 0 aliphatic carbocycles. The van der Waals surface area contributed by atoms with Crippen LogP contribution in [0.5, 0.6) is 0 Å². The molecule has 2 rings (SSSR count). The van der Waals surface area contributed by atoms with Crippen molar-refractivity contribution in [3.8, 4) is 0 Å². The first kappa shape index (κ1) is 15.5. The molecule has 4 heteroatoms. The van der Waals surface area contributed by atoms with Crippen LogP contribution in [0.1, 0.15) is 39.2 Å². The molecule has 4 nitrogen and oxygen atoms in total. The number of nitrogens with one attached hydrogen (secondary N) is 1. The van der Waals surface area contributed by atoms with E-state index in [1.165, 1.54) is 5.56 Å². The Balaban J connectivity index is 2.32. The molecule has 1 N–H and O–H groups in total. The molecule has 0 spiro atoms. The predicted molar refractivity (Wildman–Crippen MR) is 84.2 cm³/mol. The Morgan fingerprint density at radius 2 is 2.10 bits per heavy atom. The molecule has 0 bridgehead atoms. The minimum absolute atomic E-state index is 0.00320. The molecule has 1 fully saturated rings. The van der Waals surface area contributed by atoms with Gasteiger partial charge >= 0.3 is 0 Å². The zero-order valence-corrected chi connectivity index (χ0v) is 13.1. The molecule has 1 aliphatic heterocycles. The average molecular weight is 288 g/mol. The third kappa shape index (κ3) is 3.43. The summed E-state index contributed by atoms with van der Waals surface area (Å²) in [7, 11) is 0. The molecule has 1 heterocycles. The van der Waals surface area contributed by atoms with Crippen LogP contribution >= 0.6 is 0 Å². The Morgan fingerprint density at radius 3 is 2.76 bits per heavy atom. The van der Waals surface area contributed by atoms with Crippen LogP contribution in [0.4, 0.5) is 5.69 Å². The van der Waals surface area contributed by atoms with Crippen molar-refractivity contribution in [1.82, 2.24) is 5.32 Å². The van der Waals surface area contributed by atoms with E-state index in [1.54, 1.807) is 4.90 Å². The number of aryl methyl sites for hydroxylation is 1. The standard InChI is InChI=1S/C17H24N2O2/c1-4-12(3)16-17(21)19(10-9-15(20)18-16)14-8-6-7-13(5-2)11-14/h6-8,11-12,16H,4-5,9-10H2,1-3H3,(H,18,20). The van der Waals surface area contributed by atoms with E-state index in [2.05, 4.69) is 18.3 Å². The average Bonchev–Trinajstić information content (AvgIpc) is 2.66. The van der Waals surface area contributed by atoms with E-state index in [4.69, 9.17) is 0 Å². The van der Waals surface area contributed by atoms with Gasteiger partial charge in [-0.25, -0.2) is 0 Å². The van der Waals surface area contributed by atoms with Gasteiger partial charge in [-0.1, -0.05) is 39.3 Å². The Morgan fingerprint density at radius 1 is 1.33 bits per heavy atom. The van der Waals surface area contributed by atoms with Gasteiger partial charge in [0, 0.05) is 18.7 Å². The summed E-state index contributed by atoms with van der Waals surface area (Å²) in [5.41, 5.74) is 2.09. The molecule has 2 amide bonds. The Labute approximate surface area is 126 Å². The summed E-state index contributed by atoms with van der Waals surface area (Å²) in [5.74, 6) is 0.0997. The van der Waals surface area contributed by atoms with E-state index >= 15 is 0 Å². The first-order chi connectivity index (χ1) is 10.1. The van der Waals surface area contributed by atoms with Gasteiger partial charge in [-0.15, -0.1) is 0 Å². The van der Waals surface area contributed by atoms with Crippen LogP contribution in [-0.2, 0) is 16.0 Å². The summed E-state index contributed by atoms with van der Waals surface area (Å²) < 4.78 is 0. The second-order valence-electron chi connectivity index (χ2n) is 5.69. The zero-order valence-electron chi connectivity index (χ0n) is 13.1. The van der Waals surface area contributed by atoms with E-state index in [0.29, 0.717) is 13.0 Å². The van der Waals surface area contributed by atoms with Crippen molar-refractivity contribution in [2.75, 3.05) is 11.4 Å². The summed E-state index contributed by atoms with van der Waals surface area (Å²) in [6.45, 7) is 6.59. The third-order valence-corrected chi connectivity index (χ3v) is 4.25. The monoisotopic (exact) mass is 288 g/mol. The lowest BCUT2D eigenvalue weighted by Gasteiger charge is -2.27. The van der Waals surface area contributed by atoms with Gasteiger partial charge in [-0.3, -0.25) is 9.59 Å². The maximum Gasteiger partial charge on any atom is 0.249 e. The van der Waals surface area contributed by atoms with Crippen molar-refractivity contribution in [2.45, 2.75) is 46.1 Å². The summed E-state index contributed by atoms with van der Waals surface area (Å²) in [5, 5.41) is 2.88. The van der Waals surface area contributed by atoms with E-state index in [-0.39, 0.29) is 17.7 Å². The van der Waals surface area contributed by atoms with Crippen molar-refractivity contribution >= 4 is 17.5 Å². The highest BCUT2D eigenvalue weighted by atomic mass is 16.2. The molecule has 0 radical (unpaired) electrons. The quantitative estimate of drug-likeness (QED) is 0.925. The van der Waals surface area contributed by atoms with E-state index in [1.807, 2.05) is 32.0 Å². The fourth-order valence-electron chi connectivity index (χ4n) is 2.62. The molecule has 1 saturated heterocycles. The van der Waals surface area contributed by atoms with Crippen molar-refractivity contribution in [3.05, 3.63) is 29.8 Å². The molecule has 2 unspecified atom stereocenters. The van der Waals surface area contributed by atoms with E-state index in [9.17, 15) is 9.59 Å². The SMILES string of the molecule is CCc1cccc(N2CCC(=O)NC(C(C)CC)C2=O)c1. The van der Waals surface area contributed by atoms with Crippen molar-refractivity contribution in [2.24, 2.45) is 5.92 Å². The molecule has 114 valence electrons. The number of hydrogen-bond acceptors (Lipinski definition) is 2. The number of benzene rings is 1. The van der Waals surface area contributed by atoms with E-state index in [0.717, 1.165) is 18.5 Å². The van der Waals surface area contributed by atoms with Gasteiger partial charge in [0.05, 0.1) is 0 Å². The highest BCUT2D eigenvalue weighted by Gasteiger charge is 2.33. The lowest BCUT2D eigenvalue weighted by molar-refractivity contribution is -0.126. The first-order valence-corrected chi connectivity index (χ1v) is 7.76. The van der Waals surface area contributed by atoms with Gasteiger partial charge in [0.25, 0.3) is 0 Å². The number of rotatable bonds is 4. The Hall–Kier alpha value is -1.84. The van der Waals surface area contributed by atoms with Crippen LogP contribution in [0.25, 0.3) is 0 Å². The molecular formula is C17H24N2O2. The fraction of sp³-hybridized carbons (Fsp3) is 0.529. The van der Waals surface area contributed by atoms with Crippen LogP contribution in [0, 0.1) is 5.92 Å². The van der Waals surface area contributed by atoms with Gasteiger partial charge in [0.15, 0.2) is 0 Å². The van der Waals surface area contributed by atoms with Gasteiger partial charge in [0.2, 0.25) is 11.8 Å². The Bertz CT molecular complexity index is 527. The molecule has 0 aromatic heterocycles. The van der Waals surface area contributed by atoms with Crippen LogP contribution in [-0.4, -0.2) is 24.4 Å². The van der Waals surface area contributed by atoms with Crippen LogP contribution in [0.2, 0.25) is 0 Å². The number of hydrogen-bond donors (Lipinski definition) is 1. The van der Waals surface area contributed by atoms with Crippen molar-refractivity contribution < 1.29 is 9.59 Å². The highest BCUT2D eigenvalue weighted by molar-refractivity contribution is 6.01. The summed E-state index contributed by atoms with van der Waals surface area (Å²) in [4.78, 5) is 26.4. The number of carbonyl (C=O) groups is 2. The molecule has 1 aliphatic rings. The molecule has 1 aromatic rings. The van der Waals surface area contributed by atoms with Crippen LogP contribution in [0.3, 0.4) is 0 Å². The van der Waals surface area contributed by atoms with Gasteiger partial charge < -0.3 is 10.2 Å². The van der Waals surface area contributed by atoms with Gasteiger partial charge in [-0.05, 0) is 30.0 Å². The highest BCUT2D eigenvalue weighted by Crippen LogP contribution is 2.22. The molecular weight excluding hydrogens is 264 g/mol. The molecule has 2 atom stereocenters. The normalized spacial score (nSPS) is 20.9. The number of nitrogens with zero attached hydrogens (tertiary/aromatic N) is 1. The largest absolute Gasteiger partial charge is 0.344 e. The molecule has 1 aromatic carbocycles. The van der Waals surface area contributed by atoms with E-state index < -0.39 is 6.04 Å². The van der Waals surface area contributed by atoms with Gasteiger partial charge in [-0.2, -0.15) is 0 Å². The second kappa shape index (κ2) is 6.74. The number of anilines is 1. The maximum absolute atomic E-state index is 12.8. The minimum Gasteiger partial charge on any atom is -0.344 e. The van der Waals surface area contributed by atoms with Gasteiger partial charge in [0.1, 0.15) is 6.04 Å². The lowest BCUT2D eigenvalue weighted by atomic mass is 9.98. The summed E-state index contributed by atoms with van der Waals surface area (Å²) in [6, 6.07) is 7.60. The lowest BCUT2D eigenvalue weighted by Crippen LogP contribution is -2.48. The maximum atomic E-state index is 12.8.